The lowest BCUT2D eigenvalue weighted by molar-refractivity contribution is -0.380. The van der Waals surface area contributed by atoms with Crippen LogP contribution in [0.1, 0.15) is 13.3 Å². The second-order valence-corrected chi connectivity index (χ2v) is 5.10. The summed E-state index contributed by atoms with van der Waals surface area (Å²) in [5.41, 5.74) is 5.92. The van der Waals surface area contributed by atoms with Crippen LogP contribution in [-0.2, 0) is 0 Å². The first-order chi connectivity index (χ1) is 7.58. The summed E-state index contributed by atoms with van der Waals surface area (Å²) in [4.78, 5) is 16.3. The molecule has 88 valence electrons. The van der Waals surface area contributed by atoms with E-state index >= 15 is 0 Å². The van der Waals surface area contributed by atoms with E-state index in [-0.39, 0.29) is 11.0 Å². The van der Waals surface area contributed by atoms with Crippen LogP contribution in [-0.4, -0.2) is 29.0 Å². The Balaban J connectivity index is 2.09. The van der Waals surface area contributed by atoms with Crippen LogP contribution in [0.2, 0.25) is 0 Å². The average Bonchev–Trinajstić information content (AvgIpc) is 2.71. The van der Waals surface area contributed by atoms with E-state index in [0.717, 1.165) is 36.0 Å². The van der Waals surface area contributed by atoms with Crippen LogP contribution in [0, 0.1) is 16.0 Å². The molecule has 1 aromatic rings. The molecular formula is C9H14N4O2S. The molecule has 2 rings (SSSR count). The van der Waals surface area contributed by atoms with Gasteiger partial charge < -0.3 is 10.6 Å². The quantitative estimate of drug-likeness (QED) is 0.622. The van der Waals surface area contributed by atoms with Gasteiger partial charge in [-0.2, -0.15) is 0 Å². The summed E-state index contributed by atoms with van der Waals surface area (Å²) in [5, 5.41) is 11.4. The number of thiazole rings is 1. The van der Waals surface area contributed by atoms with Crippen molar-refractivity contribution in [2.24, 2.45) is 11.7 Å². The third-order valence-electron chi connectivity index (χ3n) is 2.90. The zero-order valence-electron chi connectivity index (χ0n) is 9.00. The first kappa shape index (κ1) is 11.3. The molecule has 6 nitrogen and oxygen atoms in total. The van der Waals surface area contributed by atoms with E-state index in [1.807, 2.05) is 0 Å². The van der Waals surface area contributed by atoms with Gasteiger partial charge in [0, 0.05) is 19.1 Å². The van der Waals surface area contributed by atoms with Gasteiger partial charge in [-0.25, -0.2) is 4.98 Å². The molecule has 0 bridgehead atoms. The van der Waals surface area contributed by atoms with Gasteiger partial charge in [0.05, 0.1) is 4.92 Å². The molecule has 2 unspecified atom stereocenters. The number of piperidine rings is 1. The van der Waals surface area contributed by atoms with Crippen LogP contribution in [0.5, 0.6) is 0 Å². The normalized spacial score (nSPS) is 25.8. The van der Waals surface area contributed by atoms with E-state index in [0.29, 0.717) is 5.92 Å². The summed E-state index contributed by atoms with van der Waals surface area (Å²) in [6, 6.07) is 0.228. The number of nitro groups is 1. The van der Waals surface area contributed by atoms with E-state index in [1.165, 1.54) is 6.20 Å². The van der Waals surface area contributed by atoms with E-state index < -0.39 is 4.92 Å². The average molecular weight is 242 g/mol. The Hall–Kier alpha value is -1.21. The lowest BCUT2D eigenvalue weighted by Gasteiger charge is -2.34. The van der Waals surface area contributed by atoms with Crippen molar-refractivity contribution in [2.75, 3.05) is 18.0 Å². The van der Waals surface area contributed by atoms with Crippen molar-refractivity contribution in [2.45, 2.75) is 19.4 Å². The van der Waals surface area contributed by atoms with Crippen molar-refractivity contribution in [1.82, 2.24) is 4.98 Å². The fourth-order valence-corrected chi connectivity index (χ4v) is 2.59. The zero-order chi connectivity index (χ0) is 11.7. The number of hydrogen-bond acceptors (Lipinski definition) is 6. The number of rotatable bonds is 2. The Morgan fingerprint density at radius 1 is 1.75 bits per heavy atom. The molecule has 0 saturated carbocycles. The Morgan fingerprint density at radius 2 is 2.50 bits per heavy atom. The second-order valence-electron chi connectivity index (χ2n) is 4.11. The van der Waals surface area contributed by atoms with Gasteiger partial charge in [-0.05, 0) is 23.7 Å². The molecule has 0 aromatic carbocycles. The summed E-state index contributed by atoms with van der Waals surface area (Å²) in [6.45, 7) is 3.75. The van der Waals surface area contributed by atoms with Gasteiger partial charge in [-0.15, -0.1) is 0 Å². The van der Waals surface area contributed by atoms with Crippen molar-refractivity contribution < 1.29 is 4.92 Å². The van der Waals surface area contributed by atoms with Crippen molar-refractivity contribution in [3.63, 3.8) is 0 Å². The second kappa shape index (κ2) is 4.34. The van der Waals surface area contributed by atoms with E-state index in [1.54, 1.807) is 0 Å². The molecule has 0 amide bonds. The standard InChI is InChI=1S/C9H14N4O2S/c1-6-5-12(3-2-7(6)10)9-11-4-8(16-9)13(14)15/h4,6-7H,2-3,5,10H2,1H3. The fourth-order valence-electron chi connectivity index (χ4n) is 1.82. The predicted molar refractivity (Wildman–Crippen MR) is 62.7 cm³/mol. The van der Waals surface area contributed by atoms with Gasteiger partial charge in [0.1, 0.15) is 6.20 Å². The molecule has 16 heavy (non-hydrogen) atoms. The molecule has 2 atom stereocenters. The summed E-state index contributed by atoms with van der Waals surface area (Å²) in [6.07, 6.45) is 2.23. The Morgan fingerprint density at radius 3 is 3.06 bits per heavy atom. The summed E-state index contributed by atoms with van der Waals surface area (Å²) < 4.78 is 0. The van der Waals surface area contributed by atoms with Crippen molar-refractivity contribution in [3.05, 3.63) is 16.3 Å². The van der Waals surface area contributed by atoms with E-state index in [9.17, 15) is 10.1 Å². The smallest absolute Gasteiger partial charge is 0.345 e. The monoisotopic (exact) mass is 242 g/mol. The third kappa shape index (κ3) is 2.14. The van der Waals surface area contributed by atoms with Crippen LogP contribution in [0.15, 0.2) is 6.20 Å². The molecule has 7 heteroatoms. The first-order valence-electron chi connectivity index (χ1n) is 5.18. The number of anilines is 1. The van der Waals surface area contributed by atoms with Crippen LogP contribution < -0.4 is 10.6 Å². The Bertz CT molecular complexity index is 395. The van der Waals surface area contributed by atoms with Crippen molar-refractivity contribution >= 4 is 21.5 Å². The van der Waals surface area contributed by atoms with Crippen molar-refractivity contribution in [1.29, 1.82) is 0 Å². The van der Waals surface area contributed by atoms with Gasteiger partial charge in [0.25, 0.3) is 0 Å². The van der Waals surface area contributed by atoms with Crippen molar-refractivity contribution in [3.8, 4) is 0 Å². The topological polar surface area (TPSA) is 85.3 Å². The first-order valence-corrected chi connectivity index (χ1v) is 6.00. The molecule has 0 radical (unpaired) electrons. The lowest BCUT2D eigenvalue weighted by Crippen LogP contribution is -2.45. The molecule has 1 aliphatic heterocycles. The van der Waals surface area contributed by atoms with Gasteiger partial charge in [0.15, 0.2) is 5.13 Å². The van der Waals surface area contributed by atoms with Gasteiger partial charge in [-0.3, -0.25) is 10.1 Å². The highest BCUT2D eigenvalue weighted by atomic mass is 32.1. The van der Waals surface area contributed by atoms with Gasteiger partial charge in [0.2, 0.25) is 0 Å². The lowest BCUT2D eigenvalue weighted by atomic mass is 9.95. The largest absolute Gasteiger partial charge is 0.348 e. The minimum absolute atomic E-state index is 0.0949. The Labute approximate surface area is 97.2 Å². The van der Waals surface area contributed by atoms with Gasteiger partial charge >= 0.3 is 5.00 Å². The summed E-state index contributed by atoms with van der Waals surface area (Å²) >= 11 is 1.13. The van der Waals surface area contributed by atoms with Crippen LogP contribution in [0.3, 0.4) is 0 Å². The highest BCUT2D eigenvalue weighted by Gasteiger charge is 2.26. The minimum atomic E-state index is -0.403. The SMILES string of the molecule is CC1CN(c2ncc([N+](=O)[O-])s2)CCC1N. The number of nitrogens with two attached hydrogens (primary N) is 1. The van der Waals surface area contributed by atoms with Crippen LogP contribution in [0.4, 0.5) is 10.1 Å². The fraction of sp³-hybridized carbons (Fsp3) is 0.667. The molecule has 0 aliphatic carbocycles. The minimum Gasteiger partial charge on any atom is -0.348 e. The Kier molecular flexibility index (Phi) is 3.06. The van der Waals surface area contributed by atoms with Gasteiger partial charge in [-0.1, -0.05) is 6.92 Å². The number of aromatic nitrogens is 1. The maximum atomic E-state index is 10.6. The highest BCUT2D eigenvalue weighted by Crippen LogP contribution is 2.30. The molecule has 0 spiro atoms. The van der Waals surface area contributed by atoms with E-state index in [4.69, 9.17) is 5.73 Å². The number of nitrogens with zero attached hydrogens (tertiary/aromatic N) is 3. The third-order valence-corrected chi connectivity index (χ3v) is 3.91. The summed E-state index contributed by atoms with van der Waals surface area (Å²) in [7, 11) is 0. The predicted octanol–water partition coefficient (Wildman–Crippen LogP) is 1.22. The zero-order valence-corrected chi connectivity index (χ0v) is 9.81. The maximum absolute atomic E-state index is 10.6. The maximum Gasteiger partial charge on any atom is 0.345 e. The molecule has 1 aromatic heterocycles. The molecule has 1 fully saturated rings. The molecular weight excluding hydrogens is 228 g/mol. The molecule has 1 aliphatic rings. The number of hydrogen-bond donors (Lipinski definition) is 1. The highest BCUT2D eigenvalue weighted by molar-refractivity contribution is 7.18. The molecule has 2 N–H and O–H groups in total. The van der Waals surface area contributed by atoms with Crippen LogP contribution in [0.25, 0.3) is 0 Å². The molecule has 1 saturated heterocycles. The van der Waals surface area contributed by atoms with E-state index in [2.05, 4.69) is 16.8 Å². The van der Waals surface area contributed by atoms with Crippen LogP contribution >= 0.6 is 11.3 Å². The molecule has 2 heterocycles. The summed E-state index contributed by atoms with van der Waals surface area (Å²) in [5.74, 6) is 0.400.